The Morgan fingerprint density at radius 3 is 1.90 bits per heavy atom. The predicted molar refractivity (Wildman–Crippen MR) is 256 cm³/mol. The molecule has 0 aliphatic carbocycles. The number of amidine groups is 1. The van der Waals surface area contributed by atoms with Crippen LogP contribution in [0.25, 0.3) is 0 Å². The van der Waals surface area contributed by atoms with E-state index in [0.717, 1.165) is 76.8 Å². The number of amides is 3. The zero-order valence-electron chi connectivity index (χ0n) is 39.4. The summed E-state index contributed by atoms with van der Waals surface area (Å²) >= 11 is 1.67. The van der Waals surface area contributed by atoms with Gasteiger partial charge in [-0.05, 0) is 67.9 Å². The summed E-state index contributed by atoms with van der Waals surface area (Å²) in [6, 6.07) is 10.7. The van der Waals surface area contributed by atoms with Crippen LogP contribution < -0.4 is 5.32 Å². The molecular weight excluding hydrogens is 817 g/mol. The Kier molecular flexibility index (Phi) is 20.4. The van der Waals surface area contributed by atoms with E-state index in [1.165, 1.54) is 90.5 Å². The quantitative estimate of drug-likeness (QED) is 0.0666. The van der Waals surface area contributed by atoms with Crippen molar-refractivity contribution in [1.29, 1.82) is 0 Å². The number of sulfonamides is 1. The van der Waals surface area contributed by atoms with Crippen molar-refractivity contribution in [2.24, 2.45) is 10.9 Å². The van der Waals surface area contributed by atoms with Gasteiger partial charge in [-0.15, -0.1) is 11.8 Å². The normalized spacial score (nSPS) is 16.8. The van der Waals surface area contributed by atoms with Crippen LogP contribution in [0.2, 0.25) is 0 Å². The second-order valence-electron chi connectivity index (χ2n) is 19.0. The number of nitrogens with zero attached hydrogens (tertiary/aromatic N) is 3. The highest BCUT2D eigenvalue weighted by atomic mass is 32.2. The molecule has 0 radical (unpaired) electrons. The van der Waals surface area contributed by atoms with Gasteiger partial charge in [0, 0.05) is 17.2 Å². The average Bonchev–Trinajstić information content (AvgIpc) is 3.43. The van der Waals surface area contributed by atoms with Crippen molar-refractivity contribution in [3.8, 4) is 0 Å². The molecule has 0 bridgehead atoms. The smallest absolute Gasteiger partial charge is 0.418 e. The summed E-state index contributed by atoms with van der Waals surface area (Å²) in [4.78, 5) is 49.2. The Labute approximate surface area is 379 Å². The average molecular weight is 895 g/mol. The zero-order valence-corrected chi connectivity index (χ0v) is 41.0. The summed E-state index contributed by atoms with van der Waals surface area (Å²) in [7, 11) is -4.23. The van der Waals surface area contributed by atoms with Crippen LogP contribution in [0, 0.1) is 5.92 Å². The van der Waals surface area contributed by atoms with E-state index in [1.54, 1.807) is 30.0 Å². The lowest BCUT2D eigenvalue weighted by Crippen LogP contribution is -2.59. The summed E-state index contributed by atoms with van der Waals surface area (Å²) in [6.45, 7) is 15.9. The molecular formula is C50H78N4O6S2. The van der Waals surface area contributed by atoms with Crippen molar-refractivity contribution in [2.75, 3.05) is 17.6 Å². The standard InChI is InChI=1S/C50H78N4O6S2/c1-9-12-14-15-16-17-18-19-20-21-22-23-24-25-26-29-35-53-45(51-40-31-27-28-32-43(40)62(53,58)59)44(54-47(56)50(7,8)60-48(54)57)46(55)52-41-36-39(49(4,5)6)33-34-42(41)61-37-38(11-3)30-13-10-2/h27-28,31-34,36,38,44H,9-26,29-30,35,37H2,1-8H3,(H,52,55). The number of imide groups is 1. The Bertz CT molecular complexity index is 1910. The number of rotatable bonds is 28. The topological polar surface area (TPSA) is 125 Å². The molecule has 2 aliphatic heterocycles. The number of hydrogen-bond acceptors (Lipinski definition) is 8. The highest BCUT2D eigenvalue weighted by Gasteiger charge is 2.55. The molecule has 1 fully saturated rings. The molecule has 0 spiro atoms. The molecule has 2 unspecified atom stereocenters. The number of thioether (sulfide) groups is 1. The van der Waals surface area contributed by atoms with Crippen molar-refractivity contribution in [3.05, 3.63) is 48.0 Å². The molecule has 0 aromatic heterocycles. The molecule has 2 aromatic rings. The maximum atomic E-state index is 15.0. The summed E-state index contributed by atoms with van der Waals surface area (Å²) in [5.74, 6) is -0.333. The fourth-order valence-electron chi connectivity index (χ4n) is 8.21. The second-order valence-corrected chi connectivity index (χ2v) is 21.8. The molecule has 62 heavy (non-hydrogen) atoms. The van der Waals surface area contributed by atoms with Gasteiger partial charge in [0.25, 0.3) is 21.8 Å². The zero-order chi connectivity index (χ0) is 45.3. The van der Waals surface area contributed by atoms with E-state index in [1.807, 2.05) is 12.1 Å². The molecule has 2 heterocycles. The Morgan fingerprint density at radius 1 is 0.806 bits per heavy atom. The molecule has 2 aromatic carbocycles. The van der Waals surface area contributed by atoms with Crippen molar-refractivity contribution in [3.63, 3.8) is 0 Å². The first-order valence-electron chi connectivity index (χ1n) is 23.9. The second kappa shape index (κ2) is 24.6. The van der Waals surface area contributed by atoms with E-state index in [-0.39, 0.29) is 28.4 Å². The van der Waals surface area contributed by atoms with Gasteiger partial charge in [0.1, 0.15) is 4.90 Å². The number of para-hydroxylation sites is 1. The van der Waals surface area contributed by atoms with Crippen LogP contribution in [0.5, 0.6) is 0 Å². The highest BCUT2D eigenvalue weighted by Crippen LogP contribution is 2.38. The summed E-state index contributed by atoms with van der Waals surface area (Å²) < 4.78 is 35.8. The number of nitrogens with one attached hydrogen (secondary N) is 1. The van der Waals surface area contributed by atoms with E-state index < -0.39 is 39.6 Å². The van der Waals surface area contributed by atoms with Gasteiger partial charge in [0.15, 0.2) is 17.5 Å². The van der Waals surface area contributed by atoms with Crippen LogP contribution in [-0.4, -0.2) is 65.3 Å². The van der Waals surface area contributed by atoms with Gasteiger partial charge >= 0.3 is 6.09 Å². The minimum atomic E-state index is -4.23. The number of carbonyl (C=O) groups is 3. The maximum Gasteiger partial charge on any atom is 0.418 e. The van der Waals surface area contributed by atoms with E-state index in [0.29, 0.717) is 18.0 Å². The molecule has 12 heteroatoms. The Balaban J connectivity index is 1.56. The minimum absolute atomic E-state index is 0.0140. The van der Waals surface area contributed by atoms with Crippen molar-refractivity contribution >= 4 is 56.9 Å². The third-order valence-electron chi connectivity index (χ3n) is 12.3. The van der Waals surface area contributed by atoms with E-state index in [9.17, 15) is 18.0 Å². The van der Waals surface area contributed by atoms with E-state index in [4.69, 9.17) is 9.73 Å². The van der Waals surface area contributed by atoms with Crippen molar-refractivity contribution < 1.29 is 27.5 Å². The lowest BCUT2D eigenvalue weighted by molar-refractivity contribution is -0.137. The third kappa shape index (κ3) is 14.3. The Morgan fingerprint density at radius 2 is 1.37 bits per heavy atom. The third-order valence-corrected chi connectivity index (χ3v) is 15.4. The van der Waals surface area contributed by atoms with Crippen LogP contribution in [-0.2, 0) is 29.8 Å². The number of aliphatic imine (C=N–C) groups is 1. The summed E-state index contributed by atoms with van der Waals surface area (Å²) in [5.41, 5.74) is -0.150. The molecule has 2 aliphatic rings. The lowest BCUT2D eigenvalue weighted by atomic mass is 9.87. The van der Waals surface area contributed by atoms with E-state index >= 15 is 4.79 Å². The van der Waals surface area contributed by atoms with Gasteiger partial charge in [-0.1, -0.05) is 175 Å². The Hall–Kier alpha value is -3.38. The summed E-state index contributed by atoms with van der Waals surface area (Å²) in [6.07, 6.45) is 22.3. The number of unbranched alkanes of at least 4 members (excludes halogenated alkanes) is 16. The molecule has 1 saturated heterocycles. The predicted octanol–water partition coefficient (Wildman–Crippen LogP) is 13.4. The van der Waals surface area contributed by atoms with Crippen LogP contribution in [0.3, 0.4) is 0 Å². The van der Waals surface area contributed by atoms with Crippen molar-refractivity contribution in [1.82, 2.24) is 9.21 Å². The van der Waals surface area contributed by atoms with E-state index in [2.05, 4.69) is 52.9 Å². The number of carbonyl (C=O) groups excluding carboxylic acids is 3. The molecule has 2 atom stereocenters. The fraction of sp³-hybridized carbons (Fsp3) is 0.680. The van der Waals surface area contributed by atoms with Crippen LogP contribution >= 0.6 is 11.8 Å². The van der Waals surface area contributed by atoms with Crippen LogP contribution in [0.4, 0.5) is 16.2 Å². The van der Waals surface area contributed by atoms with Gasteiger partial charge in [-0.3, -0.25) is 13.9 Å². The first-order valence-corrected chi connectivity index (χ1v) is 26.3. The van der Waals surface area contributed by atoms with Gasteiger partial charge in [-0.25, -0.2) is 23.1 Å². The highest BCUT2D eigenvalue weighted by molar-refractivity contribution is 7.99. The molecule has 4 rings (SSSR count). The number of hydrogen-bond donors (Lipinski definition) is 1. The lowest BCUT2D eigenvalue weighted by Gasteiger charge is -2.35. The molecule has 0 saturated carbocycles. The number of fused-ring (bicyclic) bond motifs is 1. The fourth-order valence-corrected chi connectivity index (χ4v) is 11.1. The van der Waals surface area contributed by atoms with Gasteiger partial charge in [0.2, 0.25) is 0 Å². The number of benzene rings is 2. The number of anilines is 1. The monoisotopic (exact) mass is 895 g/mol. The first kappa shape index (κ1) is 51.3. The first-order chi connectivity index (χ1) is 29.6. The molecule has 3 amide bonds. The van der Waals surface area contributed by atoms with Gasteiger partial charge in [0.05, 0.1) is 11.4 Å². The summed E-state index contributed by atoms with van der Waals surface area (Å²) in [5, 5.41) is 3.08. The van der Waals surface area contributed by atoms with Gasteiger partial charge in [-0.2, -0.15) is 0 Å². The largest absolute Gasteiger partial charge is 0.433 e. The maximum absolute atomic E-state index is 15.0. The van der Waals surface area contributed by atoms with Gasteiger partial charge < -0.3 is 10.1 Å². The van der Waals surface area contributed by atoms with Crippen molar-refractivity contribution in [2.45, 2.75) is 211 Å². The molecule has 1 N–H and O–H groups in total. The number of cyclic esters (lactones) is 1. The van der Waals surface area contributed by atoms with Crippen LogP contribution in [0.1, 0.15) is 189 Å². The molecule has 346 valence electrons. The van der Waals surface area contributed by atoms with Crippen LogP contribution in [0.15, 0.2) is 57.2 Å². The SMILES string of the molecule is CCCCCCCCCCCCCCCCCCN1C(C(C(=O)Nc2cc(C(C)(C)C)ccc2SCC(CC)CCCC)N2C(=O)OC(C)(C)C2=O)=Nc2ccccc2S1(=O)=O. The number of ether oxygens (including phenoxy) is 1. The minimum Gasteiger partial charge on any atom is -0.433 e. The molecule has 10 nitrogen and oxygen atoms in total.